The normalized spacial score (nSPS) is 12.8. The minimum absolute atomic E-state index is 0.215. The van der Waals surface area contributed by atoms with Crippen LogP contribution in [0.1, 0.15) is 0 Å². The first kappa shape index (κ1) is 6.66. The average Bonchev–Trinajstić information content (AvgIpc) is 2.21. The summed E-state index contributed by atoms with van der Waals surface area (Å²) in [6.07, 6.45) is 0. The fourth-order valence-corrected chi connectivity index (χ4v) is 3.62. The Kier molecular flexibility index (Phi) is 1.48. The second kappa shape index (κ2) is 2.23. The zero-order chi connectivity index (χ0) is 7.14. The molecule has 0 fully saturated rings. The number of aromatic nitrogens is 1. The molecule has 0 spiro atoms. The van der Waals surface area contributed by atoms with Crippen LogP contribution in [0.2, 0.25) is 4.34 Å². The summed E-state index contributed by atoms with van der Waals surface area (Å²) in [6.45, 7) is 2.13. The summed E-state index contributed by atoms with van der Waals surface area (Å²) in [6, 6.07) is 1.93. The van der Waals surface area contributed by atoms with Crippen LogP contribution in [0, 0.1) is 0 Å². The van der Waals surface area contributed by atoms with E-state index in [1.54, 1.807) is 11.3 Å². The van der Waals surface area contributed by atoms with Crippen molar-refractivity contribution in [3.05, 3.63) is 16.2 Å². The summed E-state index contributed by atoms with van der Waals surface area (Å²) in [7, 11) is -0.215. The molecule has 2 rings (SSSR count). The molecule has 0 saturated carbocycles. The standard InChI is InChI=1S/C6H5ClNPS/c1-9-3-5-4(8-9)2-6(7)10-5/h2-3H,1H3. The van der Waals surface area contributed by atoms with E-state index in [-0.39, 0.29) is 7.69 Å². The van der Waals surface area contributed by atoms with Crippen molar-refractivity contribution in [2.75, 3.05) is 0 Å². The summed E-state index contributed by atoms with van der Waals surface area (Å²) in [5, 5.41) is 0. The van der Waals surface area contributed by atoms with Gasteiger partial charge in [-0.25, -0.2) is 4.75 Å². The summed E-state index contributed by atoms with van der Waals surface area (Å²) in [5.74, 6) is 2.20. The molecule has 0 aromatic carbocycles. The Morgan fingerprint density at radius 3 is 3.20 bits per heavy atom. The van der Waals surface area contributed by atoms with Crippen LogP contribution in [0.4, 0.5) is 0 Å². The van der Waals surface area contributed by atoms with Crippen LogP contribution in [0.3, 0.4) is 0 Å². The van der Waals surface area contributed by atoms with Crippen LogP contribution in [-0.4, -0.2) is 4.75 Å². The number of hydrogen-bond donors (Lipinski definition) is 0. The molecule has 2 heterocycles. The molecule has 0 aliphatic rings. The summed E-state index contributed by atoms with van der Waals surface area (Å²) in [4.78, 5) is 0. The third-order valence-corrected chi connectivity index (χ3v) is 3.82. The largest absolute Gasteiger partial charge is 0.237 e. The maximum absolute atomic E-state index is 5.77. The van der Waals surface area contributed by atoms with Crippen LogP contribution in [0.5, 0.6) is 0 Å². The van der Waals surface area contributed by atoms with Crippen molar-refractivity contribution in [2.45, 2.75) is 0 Å². The number of hydrogen-bond acceptors (Lipinski definition) is 2. The van der Waals surface area contributed by atoms with Crippen molar-refractivity contribution in [3.63, 3.8) is 0 Å². The summed E-state index contributed by atoms with van der Waals surface area (Å²) in [5.41, 5.74) is 1.09. The lowest BCUT2D eigenvalue weighted by Gasteiger charge is -1.74. The van der Waals surface area contributed by atoms with Gasteiger partial charge in [-0.2, -0.15) is 0 Å². The Labute approximate surface area is 68.8 Å². The molecule has 1 nitrogen and oxygen atoms in total. The molecule has 0 N–H and O–H groups in total. The summed E-state index contributed by atoms with van der Waals surface area (Å²) < 4.78 is 6.50. The average molecular weight is 190 g/mol. The van der Waals surface area contributed by atoms with Crippen molar-refractivity contribution in [2.24, 2.45) is 6.66 Å². The van der Waals surface area contributed by atoms with Gasteiger partial charge in [-0.15, -0.1) is 11.3 Å². The van der Waals surface area contributed by atoms with Gasteiger partial charge in [0.15, 0.2) is 0 Å². The maximum Gasteiger partial charge on any atom is 0.0957 e. The first-order valence-corrected chi connectivity index (χ1v) is 5.85. The molecule has 0 amide bonds. The lowest BCUT2D eigenvalue weighted by molar-refractivity contribution is 1.68. The van der Waals surface area contributed by atoms with E-state index < -0.39 is 0 Å². The minimum atomic E-state index is -0.215. The molecule has 1 atom stereocenters. The van der Waals surface area contributed by atoms with E-state index in [1.807, 2.05) is 6.07 Å². The van der Waals surface area contributed by atoms with Gasteiger partial charge in [-0.1, -0.05) is 11.6 Å². The Balaban J connectivity index is 2.83. The topological polar surface area (TPSA) is 12.9 Å². The molecule has 0 aliphatic carbocycles. The number of nitrogens with zero attached hydrogens (tertiary/aromatic N) is 1. The molecule has 10 heavy (non-hydrogen) atoms. The fraction of sp³-hybridized carbons (Fsp3) is 0.167. The molecule has 0 radical (unpaired) electrons. The van der Waals surface area contributed by atoms with Crippen molar-refractivity contribution in [3.8, 4) is 0 Å². The number of halogens is 1. The van der Waals surface area contributed by atoms with Crippen LogP contribution < -0.4 is 0 Å². The van der Waals surface area contributed by atoms with Crippen LogP contribution in [0.25, 0.3) is 10.2 Å². The van der Waals surface area contributed by atoms with Gasteiger partial charge < -0.3 is 0 Å². The van der Waals surface area contributed by atoms with Gasteiger partial charge in [-0.05, 0) is 26.2 Å². The third kappa shape index (κ3) is 0.968. The van der Waals surface area contributed by atoms with Crippen molar-refractivity contribution < 1.29 is 0 Å². The SMILES string of the molecule is Cp1cc2sc(Cl)cc2n1. The predicted octanol–water partition coefficient (Wildman–Crippen LogP) is 3.47. The van der Waals surface area contributed by atoms with Gasteiger partial charge in [0.05, 0.1) is 14.6 Å². The highest BCUT2D eigenvalue weighted by atomic mass is 35.5. The van der Waals surface area contributed by atoms with Crippen LogP contribution in [0.15, 0.2) is 11.9 Å². The van der Waals surface area contributed by atoms with E-state index in [4.69, 9.17) is 11.6 Å². The van der Waals surface area contributed by atoms with E-state index in [0.29, 0.717) is 0 Å². The van der Waals surface area contributed by atoms with Gasteiger partial charge in [0, 0.05) is 0 Å². The molecule has 2 aromatic rings. The zero-order valence-electron chi connectivity index (χ0n) is 5.34. The Hall–Kier alpha value is -0.0400. The molecular formula is C6H5ClNPS. The minimum Gasteiger partial charge on any atom is -0.237 e. The number of aryl methyl sites for hydroxylation is 1. The van der Waals surface area contributed by atoms with E-state index in [9.17, 15) is 0 Å². The Bertz CT molecular complexity index is 302. The van der Waals surface area contributed by atoms with Gasteiger partial charge >= 0.3 is 0 Å². The van der Waals surface area contributed by atoms with E-state index in [1.165, 1.54) is 4.70 Å². The van der Waals surface area contributed by atoms with Crippen molar-refractivity contribution in [1.82, 2.24) is 4.75 Å². The van der Waals surface area contributed by atoms with E-state index in [2.05, 4.69) is 17.2 Å². The first-order valence-electron chi connectivity index (χ1n) is 2.84. The molecule has 1 unspecified atom stereocenters. The molecule has 0 aliphatic heterocycles. The quantitative estimate of drug-likeness (QED) is 0.619. The summed E-state index contributed by atoms with van der Waals surface area (Å²) >= 11 is 7.38. The monoisotopic (exact) mass is 189 g/mol. The predicted molar refractivity (Wildman–Crippen MR) is 48.3 cm³/mol. The van der Waals surface area contributed by atoms with E-state index >= 15 is 0 Å². The lowest BCUT2D eigenvalue weighted by atomic mass is 10.5. The maximum atomic E-state index is 5.77. The van der Waals surface area contributed by atoms with Gasteiger partial charge in [0.1, 0.15) is 0 Å². The zero-order valence-corrected chi connectivity index (χ0v) is 7.80. The number of thiophene rings is 1. The van der Waals surface area contributed by atoms with Gasteiger partial charge in [-0.3, -0.25) is 0 Å². The number of rotatable bonds is 0. The number of fused-ring (bicyclic) bond motifs is 1. The van der Waals surface area contributed by atoms with Gasteiger partial charge in [0.25, 0.3) is 0 Å². The van der Waals surface area contributed by atoms with Crippen LogP contribution >= 0.6 is 30.6 Å². The molecular weight excluding hydrogens is 185 g/mol. The highest BCUT2D eigenvalue weighted by Gasteiger charge is 2.01. The molecule has 0 bridgehead atoms. The lowest BCUT2D eigenvalue weighted by Crippen LogP contribution is -1.51. The highest BCUT2D eigenvalue weighted by Crippen LogP contribution is 2.35. The second-order valence-electron chi connectivity index (χ2n) is 2.10. The molecule has 0 saturated heterocycles. The molecule has 2 aromatic heterocycles. The Morgan fingerprint density at radius 1 is 1.70 bits per heavy atom. The Morgan fingerprint density at radius 2 is 2.50 bits per heavy atom. The molecule has 4 heteroatoms. The third-order valence-electron chi connectivity index (χ3n) is 1.28. The van der Waals surface area contributed by atoms with Gasteiger partial charge in [0.2, 0.25) is 0 Å². The van der Waals surface area contributed by atoms with E-state index in [0.717, 1.165) is 9.85 Å². The molecule has 52 valence electrons. The van der Waals surface area contributed by atoms with Crippen molar-refractivity contribution >= 4 is 40.8 Å². The fourth-order valence-electron chi connectivity index (χ4n) is 0.905. The highest BCUT2D eigenvalue weighted by molar-refractivity contribution is 7.45. The smallest absolute Gasteiger partial charge is 0.0957 e. The second-order valence-corrected chi connectivity index (χ2v) is 5.42. The van der Waals surface area contributed by atoms with Crippen molar-refractivity contribution in [1.29, 1.82) is 0 Å². The first-order chi connectivity index (χ1) is 4.75. The van der Waals surface area contributed by atoms with Crippen LogP contribution in [-0.2, 0) is 6.66 Å².